The summed E-state index contributed by atoms with van der Waals surface area (Å²) in [4.78, 5) is 12.8. The summed E-state index contributed by atoms with van der Waals surface area (Å²) in [6.45, 7) is 0. The number of aliphatic hydroxyl groups is 1. The molecule has 0 atom stereocenters. The Balaban J connectivity index is 1.96. The number of benzene rings is 3. The molecule has 0 aliphatic heterocycles. The van der Waals surface area contributed by atoms with Crippen molar-refractivity contribution in [1.82, 2.24) is 0 Å². The van der Waals surface area contributed by atoms with E-state index in [0.29, 0.717) is 33.7 Å². The highest BCUT2D eigenvalue weighted by Crippen LogP contribution is 2.42. The number of fused-ring (bicyclic) bond motifs is 2. The van der Waals surface area contributed by atoms with Gasteiger partial charge in [-0.25, -0.2) is 0 Å². The molecule has 118 valence electrons. The van der Waals surface area contributed by atoms with Crippen LogP contribution in [-0.2, 0) is 12.0 Å². The zero-order chi connectivity index (χ0) is 16.7. The van der Waals surface area contributed by atoms with E-state index in [2.05, 4.69) is 0 Å². The minimum atomic E-state index is -1.29. The van der Waals surface area contributed by atoms with Crippen molar-refractivity contribution in [1.29, 1.82) is 0 Å². The Morgan fingerprint density at radius 1 is 0.792 bits per heavy atom. The fourth-order valence-corrected chi connectivity index (χ4v) is 3.68. The van der Waals surface area contributed by atoms with E-state index in [0.717, 1.165) is 5.56 Å². The van der Waals surface area contributed by atoms with Crippen LogP contribution in [0.1, 0.15) is 32.6 Å². The third-order valence-electron chi connectivity index (χ3n) is 4.64. The van der Waals surface area contributed by atoms with E-state index in [1.165, 1.54) is 0 Å². The topological polar surface area (TPSA) is 37.3 Å². The minimum absolute atomic E-state index is 0.0509. The highest BCUT2D eigenvalue weighted by atomic mass is 35.5. The van der Waals surface area contributed by atoms with Gasteiger partial charge >= 0.3 is 0 Å². The molecule has 0 radical (unpaired) electrons. The van der Waals surface area contributed by atoms with Crippen LogP contribution in [0, 0.1) is 0 Å². The van der Waals surface area contributed by atoms with Crippen LogP contribution in [0.3, 0.4) is 0 Å². The van der Waals surface area contributed by atoms with E-state index >= 15 is 0 Å². The monoisotopic (exact) mass is 334 g/mol. The Bertz CT molecular complexity index is 896. The maximum Gasteiger partial charge on any atom is 0.193 e. The summed E-state index contributed by atoms with van der Waals surface area (Å²) in [5.41, 5.74) is 1.92. The molecule has 3 aromatic rings. The Kier molecular flexibility index (Phi) is 3.52. The van der Waals surface area contributed by atoms with Crippen LogP contribution >= 0.6 is 11.6 Å². The van der Waals surface area contributed by atoms with Gasteiger partial charge in [-0.15, -0.1) is 0 Å². The minimum Gasteiger partial charge on any atom is -0.380 e. The molecule has 4 rings (SSSR count). The van der Waals surface area contributed by atoms with Gasteiger partial charge in [-0.3, -0.25) is 4.79 Å². The number of carbonyl (C=O) groups excluding carboxylic acids is 1. The van der Waals surface area contributed by atoms with Gasteiger partial charge in [0.1, 0.15) is 5.60 Å². The predicted molar refractivity (Wildman–Crippen MR) is 94.5 cm³/mol. The first-order valence-electron chi connectivity index (χ1n) is 7.81. The molecular weight excluding hydrogens is 320 g/mol. The van der Waals surface area contributed by atoms with Crippen molar-refractivity contribution in [2.45, 2.75) is 12.0 Å². The molecule has 1 aliphatic rings. The first kappa shape index (κ1) is 15.1. The van der Waals surface area contributed by atoms with Crippen LogP contribution in [-0.4, -0.2) is 10.9 Å². The summed E-state index contributed by atoms with van der Waals surface area (Å²) < 4.78 is 0. The summed E-state index contributed by atoms with van der Waals surface area (Å²) in [5.74, 6) is -0.0509. The normalized spacial score (nSPS) is 14.8. The van der Waals surface area contributed by atoms with Crippen LogP contribution in [0.4, 0.5) is 0 Å². The maximum absolute atomic E-state index is 12.8. The van der Waals surface area contributed by atoms with Gasteiger partial charge in [0.2, 0.25) is 0 Å². The molecule has 0 unspecified atom stereocenters. The van der Waals surface area contributed by atoms with Gasteiger partial charge in [-0.05, 0) is 22.8 Å². The average Bonchev–Trinajstić information content (AvgIpc) is 2.62. The number of hydrogen-bond donors (Lipinski definition) is 1. The average molecular weight is 335 g/mol. The van der Waals surface area contributed by atoms with Crippen molar-refractivity contribution in [3.05, 3.63) is 106 Å². The van der Waals surface area contributed by atoms with E-state index in [-0.39, 0.29) is 5.78 Å². The summed E-state index contributed by atoms with van der Waals surface area (Å²) in [7, 11) is 0. The van der Waals surface area contributed by atoms with E-state index in [1.54, 1.807) is 12.1 Å². The first-order valence-corrected chi connectivity index (χ1v) is 8.18. The second-order valence-electron chi connectivity index (χ2n) is 6.05. The van der Waals surface area contributed by atoms with Crippen molar-refractivity contribution in [3.8, 4) is 0 Å². The first-order chi connectivity index (χ1) is 11.6. The molecule has 0 heterocycles. The van der Waals surface area contributed by atoms with Gasteiger partial charge in [-0.1, -0.05) is 78.3 Å². The quantitative estimate of drug-likeness (QED) is 0.756. The number of halogens is 1. The molecule has 1 N–H and O–H groups in total. The second kappa shape index (κ2) is 5.59. The lowest BCUT2D eigenvalue weighted by Crippen LogP contribution is -2.37. The third-order valence-corrected chi connectivity index (χ3v) is 5.01. The van der Waals surface area contributed by atoms with Gasteiger partial charge in [0.25, 0.3) is 0 Å². The molecule has 0 saturated carbocycles. The number of hydrogen-bond acceptors (Lipinski definition) is 2. The summed E-state index contributed by atoms with van der Waals surface area (Å²) in [6, 6.07) is 22.0. The number of carbonyl (C=O) groups is 1. The molecule has 0 amide bonds. The fraction of sp³-hybridized carbons (Fsp3) is 0.0952. The van der Waals surface area contributed by atoms with E-state index in [9.17, 15) is 9.90 Å². The van der Waals surface area contributed by atoms with Gasteiger partial charge in [0.15, 0.2) is 5.78 Å². The van der Waals surface area contributed by atoms with Crippen molar-refractivity contribution < 1.29 is 9.90 Å². The van der Waals surface area contributed by atoms with Crippen molar-refractivity contribution in [2.75, 3.05) is 0 Å². The Morgan fingerprint density at radius 2 is 1.29 bits per heavy atom. The molecule has 1 aliphatic carbocycles. The summed E-state index contributed by atoms with van der Waals surface area (Å²) >= 11 is 6.31. The zero-order valence-electron chi connectivity index (χ0n) is 12.9. The summed E-state index contributed by atoms with van der Waals surface area (Å²) in [6.07, 6.45) is 0.313. The largest absolute Gasteiger partial charge is 0.380 e. The molecule has 0 saturated heterocycles. The summed E-state index contributed by atoms with van der Waals surface area (Å²) in [5, 5.41) is 12.3. The van der Waals surface area contributed by atoms with E-state index < -0.39 is 5.60 Å². The van der Waals surface area contributed by atoms with E-state index in [4.69, 9.17) is 11.6 Å². The predicted octanol–water partition coefficient (Wildman–Crippen LogP) is 4.36. The SMILES string of the molecule is O=C1c2ccccc2C(O)(Cc2ccccc2Cl)c2ccccc21. The lowest BCUT2D eigenvalue weighted by molar-refractivity contribution is 0.0721. The Morgan fingerprint density at radius 3 is 1.88 bits per heavy atom. The number of rotatable bonds is 2. The molecule has 0 aromatic heterocycles. The Labute approximate surface area is 145 Å². The zero-order valence-corrected chi connectivity index (χ0v) is 13.6. The van der Waals surface area contributed by atoms with Gasteiger partial charge in [0, 0.05) is 22.6 Å². The lowest BCUT2D eigenvalue weighted by Gasteiger charge is -2.36. The second-order valence-corrected chi connectivity index (χ2v) is 6.46. The Hall–Kier alpha value is -2.42. The molecule has 3 aromatic carbocycles. The number of ketones is 1. The van der Waals surface area contributed by atoms with Crippen molar-refractivity contribution >= 4 is 17.4 Å². The van der Waals surface area contributed by atoms with Crippen molar-refractivity contribution in [3.63, 3.8) is 0 Å². The lowest BCUT2D eigenvalue weighted by atomic mass is 9.71. The molecule has 2 nitrogen and oxygen atoms in total. The molecular formula is C21H15ClO2. The molecule has 0 bridgehead atoms. The maximum atomic E-state index is 12.8. The highest BCUT2D eigenvalue weighted by Gasteiger charge is 2.42. The molecule has 24 heavy (non-hydrogen) atoms. The van der Waals surface area contributed by atoms with Crippen molar-refractivity contribution in [2.24, 2.45) is 0 Å². The molecule has 3 heteroatoms. The van der Waals surface area contributed by atoms with Gasteiger partial charge in [0.05, 0.1) is 0 Å². The molecule has 0 fully saturated rings. The van der Waals surface area contributed by atoms with Crippen LogP contribution in [0.25, 0.3) is 0 Å². The standard InChI is InChI=1S/C21H15ClO2/c22-19-12-6-1-7-14(19)13-21(24)17-10-4-2-8-15(17)20(23)16-9-3-5-11-18(16)21/h1-12,24H,13H2. The highest BCUT2D eigenvalue weighted by molar-refractivity contribution is 6.31. The third kappa shape index (κ3) is 2.19. The smallest absolute Gasteiger partial charge is 0.193 e. The van der Waals surface area contributed by atoms with Crippen LogP contribution in [0.15, 0.2) is 72.8 Å². The van der Waals surface area contributed by atoms with Crippen LogP contribution in [0.5, 0.6) is 0 Å². The van der Waals surface area contributed by atoms with Crippen LogP contribution < -0.4 is 0 Å². The fourth-order valence-electron chi connectivity index (χ4n) is 3.48. The van der Waals surface area contributed by atoms with Gasteiger partial charge in [-0.2, -0.15) is 0 Å². The van der Waals surface area contributed by atoms with Gasteiger partial charge < -0.3 is 5.11 Å². The molecule has 0 spiro atoms. The van der Waals surface area contributed by atoms with Crippen LogP contribution in [0.2, 0.25) is 5.02 Å². The van der Waals surface area contributed by atoms with E-state index in [1.807, 2.05) is 60.7 Å².